The van der Waals surface area contributed by atoms with E-state index in [0.29, 0.717) is 11.1 Å². The fourth-order valence-corrected chi connectivity index (χ4v) is 2.38. The smallest absolute Gasteiger partial charge is 0.251 e. The van der Waals surface area contributed by atoms with Crippen molar-refractivity contribution >= 4 is 5.91 Å². The Morgan fingerprint density at radius 1 is 1.33 bits per heavy atom. The molecule has 0 atom stereocenters. The van der Waals surface area contributed by atoms with Crippen LogP contribution in [0.1, 0.15) is 41.6 Å². The molecule has 2 N–H and O–H groups in total. The van der Waals surface area contributed by atoms with Crippen molar-refractivity contribution < 1.29 is 9.90 Å². The average Bonchev–Trinajstić information content (AvgIpc) is 2.88. The molecule has 0 bridgehead atoms. The number of rotatable bonds is 3. The summed E-state index contributed by atoms with van der Waals surface area (Å²) in [4.78, 5) is 12.1. The van der Waals surface area contributed by atoms with Crippen LogP contribution in [0.25, 0.3) is 0 Å². The van der Waals surface area contributed by atoms with Crippen molar-refractivity contribution in [2.24, 2.45) is 0 Å². The Morgan fingerprint density at radius 3 is 2.44 bits per heavy atom. The Balaban J connectivity index is 2.09. The third kappa shape index (κ3) is 2.52. The quantitative estimate of drug-likeness (QED) is 0.848. The summed E-state index contributed by atoms with van der Waals surface area (Å²) in [6, 6.07) is 8.52. The zero-order valence-corrected chi connectivity index (χ0v) is 10.1. The lowest BCUT2D eigenvalue weighted by Gasteiger charge is -2.27. The highest BCUT2D eigenvalue weighted by atomic mass is 16.3. The van der Waals surface area contributed by atoms with E-state index < -0.39 is 5.54 Å². The minimum absolute atomic E-state index is 0.0188. The van der Waals surface area contributed by atoms with Gasteiger partial charge in [-0.15, -0.1) is 0 Å². The lowest BCUT2D eigenvalue weighted by molar-refractivity contribution is 0.0838. The van der Waals surface area contributed by atoms with E-state index in [2.05, 4.69) is 5.32 Å². The number of nitrogens with zero attached hydrogens (tertiary/aromatic N) is 1. The molecule has 0 saturated heterocycles. The van der Waals surface area contributed by atoms with E-state index >= 15 is 0 Å². The zero-order chi connectivity index (χ0) is 13.0. The Kier molecular flexibility index (Phi) is 3.63. The summed E-state index contributed by atoms with van der Waals surface area (Å²) >= 11 is 0. The molecule has 1 aliphatic carbocycles. The van der Waals surface area contributed by atoms with Crippen LogP contribution in [0, 0.1) is 11.3 Å². The van der Waals surface area contributed by atoms with Crippen molar-refractivity contribution in [1.29, 1.82) is 5.26 Å². The van der Waals surface area contributed by atoms with E-state index in [0.717, 1.165) is 25.7 Å². The average molecular weight is 244 g/mol. The second kappa shape index (κ2) is 5.19. The van der Waals surface area contributed by atoms with Crippen molar-refractivity contribution in [3.8, 4) is 6.07 Å². The molecular weight excluding hydrogens is 228 g/mol. The molecule has 1 saturated carbocycles. The number of hydrogen-bond donors (Lipinski definition) is 2. The van der Waals surface area contributed by atoms with Gasteiger partial charge in [0.1, 0.15) is 0 Å². The first-order valence-electron chi connectivity index (χ1n) is 6.13. The van der Waals surface area contributed by atoms with E-state index in [1.807, 2.05) is 6.07 Å². The summed E-state index contributed by atoms with van der Waals surface area (Å²) in [5.41, 5.74) is 0.600. The molecule has 0 spiro atoms. The molecule has 1 aromatic rings. The fraction of sp³-hybridized carbons (Fsp3) is 0.429. The normalized spacial score (nSPS) is 17.1. The summed E-state index contributed by atoms with van der Waals surface area (Å²) in [5.74, 6) is -0.185. The maximum atomic E-state index is 12.1. The number of aliphatic hydroxyl groups is 1. The van der Waals surface area contributed by atoms with Crippen molar-refractivity contribution in [1.82, 2.24) is 5.32 Å². The van der Waals surface area contributed by atoms with Crippen LogP contribution in [0.2, 0.25) is 0 Å². The zero-order valence-electron chi connectivity index (χ0n) is 10.1. The molecule has 1 aromatic carbocycles. The lowest BCUT2D eigenvalue weighted by Crippen LogP contribution is -2.49. The Morgan fingerprint density at radius 2 is 1.94 bits per heavy atom. The van der Waals surface area contributed by atoms with Crippen LogP contribution in [-0.4, -0.2) is 23.2 Å². The molecule has 18 heavy (non-hydrogen) atoms. The maximum Gasteiger partial charge on any atom is 0.251 e. The van der Waals surface area contributed by atoms with Crippen LogP contribution in [0.15, 0.2) is 24.3 Å². The predicted molar refractivity (Wildman–Crippen MR) is 66.9 cm³/mol. The van der Waals surface area contributed by atoms with Crippen molar-refractivity contribution in [2.45, 2.75) is 31.2 Å². The fourth-order valence-electron chi connectivity index (χ4n) is 2.38. The molecule has 1 aliphatic rings. The summed E-state index contributed by atoms with van der Waals surface area (Å²) in [6.45, 7) is -0.0188. The van der Waals surface area contributed by atoms with E-state index in [1.54, 1.807) is 24.3 Å². The number of benzene rings is 1. The second-order valence-corrected chi connectivity index (χ2v) is 4.79. The number of nitrogens with one attached hydrogen (secondary N) is 1. The van der Waals surface area contributed by atoms with Gasteiger partial charge in [-0.2, -0.15) is 5.26 Å². The van der Waals surface area contributed by atoms with Gasteiger partial charge in [-0.3, -0.25) is 4.79 Å². The van der Waals surface area contributed by atoms with Crippen LogP contribution in [0.3, 0.4) is 0 Å². The van der Waals surface area contributed by atoms with Gasteiger partial charge in [0.25, 0.3) is 5.91 Å². The van der Waals surface area contributed by atoms with Gasteiger partial charge in [0, 0.05) is 5.56 Å². The summed E-state index contributed by atoms with van der Waals surface area (Å²) in [6.07, 6.45) is 3.72. The molecule has 4 nitrogen and oxygen atoms in total. The van der Waals surface area contributed by atoms with Gasteiger partial charge < -0.3 is 10.4 Å². The number of hydrogen-bond acceptors (Lipinski definition) is 3. The molecular formula is C14H16N2O2. The SMILES string of the molecule is N#Cc1ccc(C(=O)NC2(CO)CCCC2)cc1. The van der Waals surface area contributed by atoms with Crippen molar-refractivity contribution in [3.63, 3.8) is 0 Å². The third-order valence-electron chi connectivity index (χ3n) is 3.52. The lowest BCUT2D eigenvalue weighted by atomic mass is 9.98. The van der Waals surface area contributed by atoms with Crippen molar-refractivity contribution in [3.05, 3.63) is 35.4 Å². The molecule has 0 unspecified atom stereocenters. The number of carbonyl (C=O) groups excluding carboxylic acids is 1. The Bertz CT molecular complexity index is 468. The number of nitriles is 1. The van der Waals surface area contributed by atoms with Crippen LogP contribution in [-0.2, 0) is 0 Å². The molecule has 94 valence electrons. The van der Waals surface area contributed by atoms with Crippen molar-refractivity contribution in [2.75, 3.05) is 6.61 Å². The summed E-state index contributed by atoms with van der Waals surface area (Å²) in [7, 11) is 0. The first-order valence-corrected chi connectivity index (χ1v) is 6.13. The standard InChI is InChI=1S/C14H16N2O2/c15-9-11-3-5-12(6-4-11)13(18)16-14(10-17)7-1-2-8-14/h3-6,17H,1-2,7-8,10H2,(H,16,18). The number of amides is 1. The van der Waals surface area contributed by atoms with Gasteiger partial charge in [-0.05, 0) is 37.1 Å². The first-order chi connectivity index (χ1) is 8.69. The monoisotopic (exact) mass is 244 g/mol. The van der Waals surface area contributed by atoms with Crippen LogP contribution >= 0.6 is 0 Å². The second-order valence-electron chi connectivity index (χ2n) is 4.79. The van der Waals surface area contributed by atoms with Gasteiger partial charge >= 0.3 is 0 Å². The molecule has 0 radical (unpaired) electrons. The molecule has 0 aromatic heterocycles. The molecule has 2 rings (SSSR count). The van der Waals surface area contributed by atoms with E-state index in [-0.39, 0.29) is 12.5 Å². The largest absolute Gasteiger partial charge is 0.394 e. The van der Waals surface area contributed by atoms with Crippen LogP contribution in [0.5, 0.6) is 0 Å². The van der Waals surface area contributed by atoms with Gasteiger partial charge in [-0.1, -0.05) is 12.8 Å². The van der Waals surface area contributed by atoms with Gasteiger partial charge in [0.05, 0.1) is 23.8 Å². The van der Waals surface area contributed by atoms with E-state index in [4.69, 9.17) is 5.26 Å². The minimum Gasteiger partial charge on any atom is -0.394 e. The van der Waals surface area contributed by atoms with Crippen LogP contribution < -0.4 is 5.32 Å². The van der Waals surface area contributed by atoms with Gasteiger partial charge in [0.2, 0.25) is 0 Å². The predicted octanol–water partition coefficient (Wildman–Crippen LogP) is 1.59. The van der Waals surface area contributed by atoms with Gasteiger partial charge in [-0.25, -0.2) is 0 Å². The topological polar surface area (TPSA) is 73.1 Å². The van der Waals surface area contributed by atoms with Crippen LogP contribution in [0.4, 0.5) is 0 Å². The highest BCUT2D eigenvalue weighted by molar-refractivity contribution is 5.94. The van der Waals surface area contributed by atoms with E-state index in [9.17, 15) is 9.90 Å². The minimum atomic E-state index is -0.453. The maximum absolute atomic E-state index is 12.1. The highest BCUT2D eigenvalue weighted by Gasteiger charge is 2.34. The summed E-state index contributed by atoms with van der Waals surface area (Å²) < 4.78 is 0. The summed E-state index contributed by atoms with van der Waals surface area (Å²) in [5, 5.41) is 21.1. The molecule has 1 amide bonds. The third-order valence-corrected chi connectivity index (χ3v) is 3.52. The molecule has 4 heteroatoms. The van der Waals surface area contributed by atoms with E-state index in [1.165, 1.54) is 0 Å². The highest BCUT2D eigenvalue weighted by Crippen LogP contribution is 2.29. The molecule has 0 aliphatic heterocycles. The molecule has 0 heterocycles. The molecule has 1 fully saturated rings. The Hall–Kier alpha value is -1.86. The number of carbonyl (C=O) groups is 1. The Labute approximate surface area is 106 Å². The first kappa shape index (κ1) is 12.6. The number of aliphatic hydroxyl groups excluding tert-OH is 1. The van der Waals surface area contributed by atoms with Gasteiger partial charge in [0.15, 0.2) is 0 Å².